The molecule has 0 aromatic heterocycles. The third-order valence-corrected chi connectivity index (χ3v) is 7.62. The van der Waals surface area contributed by atoms with Crippen molar-refractivity contribution in [3.05, 3.63) is 70.8 Å². The van der Waals surface area contributed by atoms with Crippen LogP contribution in [0.3, 0.4) is 0 Å². The summed E-state index contributed by atoms with van der Waals surface area (Å²) in [5.74, 6) is -0.0945. The molecular formula is C27H27F3N2O3. The largest absolute Gasteiger partial charge is 0.459 e. The summed E-state index contributed by atoms with van der Waals surface area (Å²) < 4.78 is 51.2. The van der Waals surface area contributed by atoms with Crippen LogP contribution in [0.15, 0.2) is 48.5 Å². The Balaban J connectivity index is 1.28. The molecule has 3 aliphatic rings. The van der Waals surface area contributed by atoms with Crippen molar-refractivity contribution >= 4 is 5.97 Å². The molecule has 0 amide bonds. The second-order valence-electron chi connectivity index (χ2n) is 9.79. The highest BCUT2D eigenvalue weighted by atomic mass is 19.4. The van der Waals surface area contributed by atoms with Crippen LogP contribution in [0.1, 0.15) is 66.9 Å². The first-order valence-electron chi connectivity index (χ1n) is 12.0. The number of carbonyl (C=O) groups excluding carboxylic acids is 1. The molecule has 0 saturated carbocycles. The number of nitrogens with zero attached hydrogens (tertiary/aromatic N) is 2. The first-order chi connectivity index (χ1) is 16.8. The first-order valence-corrected chi connectivity index (χ1v) is 12.0. The summed E-state index contributed by atoms with van der Waals surface area (Å²) in [6.07, 6.45) is 0.209. The Labute approximate surface area is 202 Å². The second kappa shape index (κ2) is 9.29. The number of esters is 1. The smallest absolute Gasteiger partial charge is 0.416 e. The standard InChI is InChI=1S/C27H27F3N2O3/c28-27(29,30)21-7-5-20(6-8-21)25(19-3-1-18(17-31)2-4-19)34-14-13-32-22-9-10-23(32)16-26(15-22)12-11-24(33)35-26/h1-8,22-23,25H,9-16H2. The Hall–Kier alpha value is -2.89. The fourth-order valence-corrected chi connectivity index (χ4v) is 5.96. The van der Waals surface area contributed by atoms with E-state index in [1.54, 1.807) is 24.3 Å². The molecule has 3 fully saturated rings. The number of halogens is 3. The third-order valence-electron chi connectivity index (χ3n) is 7.62. The maximum absolute atomic E-state index is 13.1. The number of fused-ring (bicyclic) bond motifs is 2. The summed E-state index contributed by atoms with van der Waals surface area (Å²) in [4.78, 5) is 14.2. The predicted octanol–water partition coefficient (Wildman–Crippen LogP) is 5.39. The van der Waals surface area contributed by atoms with Crippen LogP contribution in [-0.2, 0) is 20.4 Å². The summed E-state index contributed by atoms with van der Waals surface area (Å²) >= 11 is 0. The molecule has 35 heavy (non-hydrogen) atoms. The van der Waals surface area contributed by atoms with E-state index in [1.807, 2.05) is 0 Å². The Morgan fingerprint density at radius 1 is 1.06 bits per heavy atom. The van der Waals surface area contributed by atoms with Crippen LogP contribution in [0.2, 0.25) is 0 Å². The van der Waals surface area contributed by atoms with Gasteiger partial charge in [0.2, 0.25) is 0 Å². The Kier molecular flexibility index (Phi) is 6.32. The van der Waals surface area contributed by atoms with Gasteiger partial charge in [-0.05, 0) is 54.7 Å². The first kappa shape index (κ1) is 23.8. The van der Waals surface area contributed by atoms with Crippen molar-refractivity contribution in [3.63, 3.8) is 0 Å². The van der Waals surface area contributed by atoms with Crippen molar-refractivity contribution in [2.24, 2.45) is 0 Å². The minimum Gasteiger partial charge on any atom is -0.459 e. The zero-order chi connectivity index (χ0) is 24.6. The lowest BCUT2D eigenvalue weighted by molar-refractivity contribution is -0.154. The normalized spacial score (nSPS) is 27.1. The molecule has 5 rings (SSSR count). The van der Waals surface area contributed by atoms with Crippen molar-refractivity contribution in [1.82, 2.24) is 4.90 Å². The number of ether oxygens (including phenoxy) is 2. The van der Waals surface area contributed by atoms with Crippen LogP contribution < -0.4 is 0 Å². The molecule has 184 valence electrons. The van der Waals surface area contributed by atoms with Crippen molar-refractivity contribution in [2.45, 2.75) is 68.5 Å². The number of hydrogen-bond donors (Lipinski definition) is 0. The van der Waals surface area contributed by atoms with Gasteiger partial charge in [0, 0.05) is 37.9 Å². The topological polar surface area (TPSA) is 62.6 Å². The molecule has 0 aliphatic carbocycles. The summed E-state index contributed by atoms with van der Waals surface area (Å²) in [5.41, 5.74) is 0.909. The molecule has 2 bridgehead atoms. The zero-order valence-electron chi connectivity index (χ0n) is 19.3. The summed E-state index contributed by atoms with van der Waals surface area (Å²) in [5, 5.41) is 9.10. The van der Waals surface area contributed by atoms with Crippen LogP contribution >= 0.6 is 0 Å². The molecule has 0 radical (unpaired) electrons. The predicted molar refractivity (Wildman–Crippen MR) is 121 cm³/mol. The van der Waals surface area contributed by atoms with Gasteiger partial charge in [-0.3, -0.25) is 9.69 Å². The monoisotopic (exact) mass is 484 g/mol. The molecule has 2 aromatic carbocycles. The molecule has 3 unspecified atom stereocenters. The fourth-order valence-electron chi connectivity index (χ4n) is 5.96. The molecule has 3 aliphatic heterocycles. The van der Waals surface area contributed by atoms with Gasteiger partial charge in [0.1, 0.15) is 11.7 Å². The maximum Gasteiger partial charge on any atom is 0.416 e. The average molecular weight is 485 g/mol. The van der Waals surface area contributed by atoms with E-state index in [2.05, 4.69) is 11.0 Å². The van der Waals surface area contributed by atoms with Gasteiger partial charge < -0.3 is 9.47 Å². The van der Waals surface area contributed by atoms with Crippen molar-refractivity contribution in [3.8, 4) is 6.07 Å². The van der Waals surface area contributed by atoms with Gasteiger partial charge in [0.15, 0.2) is 0 Å². The highest BCUT2D eigenvalue weighted by molar-refractivity contribution is 5.72. The Morgan fingerprint density at radius 2 is 1.66 bits per heavy atom. The van der Waals surface area contributed by atoms with Crippen LogP contribution in [0.25, 0.3) is 0 Å². The summed E-state index contributed by atoms with van der Waals surface area (Å²) in [6, 6.07) is 14.8. The number of carbonyl (C=O) groups is 1. The molecule has 0 N–H and O–H groups in total. The Morgan fingerprint density at radius 3 is 2.17 bits per heavy atom. The van der Waals surface area contributed by atoms with E-state index >= 15 is 0 Å². The second-order valence-corrected chi connectivity index (χ2v) is 9.79. The zero-order valence-corrected chi connectivity index (χ0v) is 19.3. The van der Waals surface area contributed by atoms with E-state index in [9.17, 15) is 18.0 Å². The van der Waals surface area contributed by atoms with E-state index in [0.717, 1.165) is 49.8 Å². The molecule has 3 heterocycles. The number of benzene rings is 2. The molecule has 3 saturated heterocycles. The quantitative estimate of drug-likeness (QED) is 0.515. The van der Waals surface area contributed by atoms with Crippen LogP contribution in [0, 0.1) is 11.3 Å². The number of alkyl halides is 3. The SMILES string of the molecule is N#Cc1ccc(C(OCCN2C3CCC2CC2(CCC(=O)O2)C3)c2ccc(C(F)(F)F)cc2)cc1. The molecule has 1 spiro atoms. The molecule has 8 heteroatoms. The van der Waals surface area contributed by atoms with Gasteiger partial charge in [-0.1, -0.05) is 24.3 Å². The highest BCUT2D eigenvalue weighted by Gasteiger charge is 2.52. The number of rotatable bonds is 6. The van der Waals surface area contributed by atoms with Gasteiger partial charge in [0.05, 0.1) is 23.8 Å². The lowest BCUT2D eigenvalue weighted by Crippen LogP contribution is -2.51. The van der Waals surface area contributed by atoms with E-state index in [1.165, 1.54) is 12.1 Å². The van der Waals surface area contributed by atoms with Gasteiger partial charge in [-0.15, -0.1) is 0 Å². The number of piperidine rings is 1. The van der Waals surface area contributed by atoms with Gasteiger partial charge >= 0.3 is 12.1 Å². The minimum atomic E-state index is -4.40. The van der Waals surface area contributed by atoms with Crippen LogP contribution in [0.5, 0.6) is 0 Å². The molecule has 5 nitrogen and oxygen atoms in total. The van der Waals surface area contributed by atoms with Crippen molar-refractivity contribution in [2.75, 3.05) is 13.2 Å². The molecule has 3 atom stereocenters. The van der Waals surface area contributed by atoms with Gasteiger partial charge in [-0.25, -0.2) is 0 Å². The highest BCUT2D eigenvalue weighted by Crippen LogP contribution is 2.47. The summed E-state index contributed by atoms with van der Waals surface area (Å²) in [7, 11) is 0. The lowest BCUT2D eigenvalue weighted by atomic mass is 9.84. The number of hydrogen-bond acceptors (Lipinski definition) is 5. The number of nitriles is 1. The average Bonchev–Trinajstić information content (AvgIpc) is 3.32. The third kappa shape index (κ3) is 4.93. The fraction of sp³-hybridized carbons (Fsp3) is 0.481. The van der Waals surface area contributed by atoms with Crippen LogP contribution in [-0.4, -0.2) is 41.7 Å². The van der Waals surface area contributed by atoms with Crippen LogP contribution in [0.4, 0.5) is 13.2 Å². The maximum atomic E-state index is 13.1. The van der Waals surface area contributed by atoms with E-state index in [0.29, 0.717) is 42.8 Å². The lowest BCUT2D eigenvalue weighted by Gasteiger charge is -2.43. The van der Waals surface area contributed by atoms with E-state index in [4.69, 9.17) is 14.7 Å². The van der Waals surface area contributed by atoms with Gasteiger partial charge in [-0.2, -0.15) is 18.4 Å². The summed E-state index contributed by atoms with van der Waals surface area (Å²) in [6.45, 7) is 1.11. The van der Waals surface area contributed by atoms with Crippen molar-refractivity contribution in [1.29, 1.82) is 5.26 Å². The van der Waals surface area contributed by atoms with E-state index < -0.39 is 17.8 Å². The molecular weight excluding hydrogens is 457 g/mol. The molecule has 2 aromatic rings. The van der Waals surface area contributed by atoms with Crippen molar-refractivity contribution < 1.29 is 27.4 Å². The van der Waals surface area contributed by atoms with E-state index in [-0.39, 0.29) is 11.6 Å². The minimum absolute atomic E-state index is 0.0945. The van der Waals surface area contributed by atoms with Gasteiger partial charge in [0.25, 0.3) is 0 Å². The Bertz CT molecular complexity index is 1090.